The second kappa shape index (κ2) is 11.5. The van der Waals surface area contributed by atoms with Gasteiger partial charge in [-0.15, -0.1) is 0 Å². The summed E-state index contributed by atoms with van der Waals surface area (Å²) in [6.45, 7) is -1.99. The van der Waals surface area contributed by atoms with Crippen LogP contribution < -0.4 is 14.9 Å². The van der Waals surface area contributed by atoms with Crippen LogP contribution in [0.2, 0.25) is 0 Å². The first-order valence-corrected chi connectivity index (χ1v) is 12.6. The van der Waals surface area contributed by atoms with Crippen LogP contribution in [-0.2, 0) is 14.2 Å². The summed E-state index contributed by atoms with van der Waals surface area (Å²) in [4.78, 5) is 13.4. The van der Waals surface area contributed by atoms with Gasteiger partial charge in [0.2, 0.25) is 11.7 Å². The number of fused-ring (bicyclic) bond motifs is 1. The number of hydrogen-bond acceptors (Lipinski definition) is 14. The Balaban J connectivity index is 1.47. The lowest BCUT2D eigenvalue weighted by Crippen LogP contribution is -2.62. The van der Waals surface area contributed by atoms with E-state index in [1.165, 1.54) is 37.6 Å². The van der Waals surface area contributed by atoms with Crippen molar-refractivity contribution < 1.29 is 63.8 Å². The van der Waals surface area contributed by atoms with Crippen LogP contribution in [0.4, 0.5) is 0 Å². The van der Waals surface area contributed by atoms with E-state index in [0.717, 1.165) is 0 Å². The van der Waals surface area contributed by atoms with E-state index >= 15 is 0 Å². The summed E-state index contributed by atoms with van der Waals surface area (Å²) in [7, 11) is 1.33. The van der Waals surface area contributed by atoms with Gasteiger partial charge in [0.05, 0.1) is 32.5 Å². The zero-order valence-electron chi connectivity index (χ0n) is 21.7. The maximum atomic E-state index is 13.4. The highest BCUT2D eigenvalue weighted by molar-refractivity contribution is 5.88. The quantitative estimate of drug-likeness (QED) is 0.167. The minimum atomic E-state index is -2.02. The topological polar surface area (TPSA) is 218 Å². The Labute approximate surface area is 232 Å². The van der Waals surface area contributed by atoms with Crippen molar-refractivity contribution in [1.82, 2.24) is 0 Å². The molecule has 2 saturated heterocycles. The number of benzene rings is 2. The fourth-order valence-electron chi connectivity index (χ4n) is 4.76. The third-order valence-electron chi connectivity index (χ3n) is 7.16. The lowest BCUT2D eigenvalue weighted by Gasteiger charge is -2.42. The Morgan fingerprint density at radius 2 is 1.78 bits per heavy atom. The second-order valence-corrected chi connectivity index (χ2v) is 9.84. The lowest BCUT2D eigenvalue weighted by molar-refractivity contribution is -0.318. The number of hydrogen-bond donors (Lipinski definition) is 7. The van der Waals surface area contributed by atoms with Gasteiger partial charge >= 0.3 is 0 Å². The molecule has 41 heavy (non-hydrogen) atoms. The number of aliphatic hydroxyl groups is 6. The number of aliphatic hydroxyl groups excluding tert-OH is 5. The summed E-state index contributed by atoms with van der Waals surface area (Å²) < 4.78 is 33.6. The average Bonchev–Trinajstić information content (AvgIpc) is 3.26. The Morgan fingerprint density at radius 1 is 1.05 bits per heavy atom. The molecule has 8 atom stereocenters. The van der Waals surface area contributed by atoms with Crippen LogP contribution in [0.5, 0.6) is 17.2 Å². The highest BCUT2D eigenvalue weighted by Gasteiger charge is 2.53. The molecular formula is C27H30O14. The summed E-state index contributed by atoms with van der Waals surface area (Å²) in [5.41, 5.74) is -1.64. The van der Waals surface area contributed by atoms with E-state index in [1.807, 2.05) is 0 Å². The highest BCUT2D eigenvalue weighted by atomic mass is 16.8. The first-order valence-electron chi connectivity index (χ1n) is 12.6. The molecule has 3 heterocycles. The summed E-state index contributed by atoms with van der Waals surface area (Å²) >= 11 is 0. The number of rotatable bonds is 8. The van der Waals surface area contributed by atoms with Gasteiger partial charge in [-0.1, -0.05) is 12.1 Å². The molecule has 0 spiro atoms. The standard InChI is InChI=1S/C27H30O14/c1-36-16-6-14(7-17-19(16)20(31)15(9-37-17)12-2-4-13(30)5-3-12)39-25-23(22(33)21(32)18(8-28)40-25)41-26-24(34)27(35,10-29)11-38-26/h2-7,9,18,21-26,28-30,32-35H,8,10-11H2,1H3/t18-,21-,22+,23-,24+,25-,26+,27-/m1/s1. The Hall–Kier alpha value is -3.31. The molecule has 0 radical (unpaired) electrons. The van der Waals surface area contributed by atoms with Crippen LogP contribution in [0.3, 0.4) is 0 Å². The van der Waals surface area contributed by atoms with E-state index in [4.69, 9.17) is 28.1 Å². The summed E-state index contributed by atoms with van der Waals surface area (Å²) in [5, 5.41) is 70.6. The minimum absolute atomic E-state index is 0.0218. The Kier molecular flexibility index (Phi) is 8.20. The molecular weight excluding hydrogens is 548 g/mol. The van der Waals surface area contributed by atoms with E-state index in [2.05, 4.69) is 0 Å². The van der Waals surface area contributed by atoms with Gasteiger partial charge in [0.15, 0.2) is 12.4 Å². The van der Waals surface area contributed by atoms with Crippen molar-refractivity contribution in [2.24, 2.45) is 0 Å². The van der Waals surface area contributed by atoms with Gasteiger partial charge in [-0.3, -0.25) is 4.79 Å². The van der Waals surface area contributed by atoms with E-state index in [0.29, 0.717) is 5.56 Å². The van der Waals surface area contributed by atoms with Crippen molar-refractivity contribution in [1.29, 1.82) is 0 Å². The fraction of sp³-hybridized carbons (Fsp3) is 0.444. The molecule has 0 aliphatic carbocycles. The van der Waals surface area contributed by atoms with Crippen molar-refractivity contribution in [2.75, 3.05) is 26.9 Å². The summed E-state index contributed by atoms with van der Waals surface area (Å²) in [6.07, 6.45) is -9.68. The van der Waals surface area contributed by atoms with E-state index < -0.39 is 74.0 Å². The highest BCUT2D eigenvalue weighted by Crippen LogP contribution is 2.35. The molecule has 0 unspecified atom stereocenters. The van der Waals surface area contributed by atoms with Crippen LogP contribution >= 0.6 is 0 Å². The second-order valence-electron chi connectivity index (χ2n) is 9.84. The molecule has 1 aromatic heterocycles. The number of methoxy groups -OCH3 is 1. The first kappa shape index (κ1) is 29.2. The molecule has 0 bridgehead atoms. The van der Waals surface area contributed by atoms with E-state index in [9.17, 15) is 40.5 Å². The molecule has 5 rings (SSSR count). The van der Waals surface area contributed by atoms with Crippen LogP contribution in [0, 0.1) is 0 Å². The zero-order chi connectivity index (χ0) is 29.5. The fourth-order valence-corrected chi connectivity index (χ4v) is 4.76. The molecule has 7 N–H and O–H groups in total. The van der Waals surface area contributed by atoms with Gasteiger partial charge < -0.3 is 63.8 Å². The van der Waals surface area contributed by atoms with Gasteiger partial charge in [0.1, 0.15) is 64.5 Å². The summed E-state index contributed by atoms with van der Waals surface area (Å²) in [5.74, 6) is 0.125. The molecule has 14 heteroatoms. The van der Waals surface area contributed by atoms with Gasteiger partial charge in [-0.25, -0.2) is 0 Å². The molecule has 0 saturated carbocycles. The first-order chi connectivity index (χ1) is 19.6. The number of ether oxygens (including phenoxy) is 5. The zero-order valence-corrected chi connectivity index (χ0v) is 21.7. The van der Waals surface area contributed by atoms with Gasteiger partial charge in [0, 0.05) is 12.1 Å². The van der Waals surface area contributed by atoms with E-state index in [-0.39, 0.29) is 33.8 Å². The predicted molar refractivity (Wildman–Crippen MR) is 137 cm³/mol. The number of phenols is 1. The number of aromatic hydroxyl groups is 1. The Bertz CT molecular complexity index is 1420. The van der Waals surface area contributed by atoms with Crippen molar-refractivity contribution >= 4 is 11.0 Å². The largest absolute Gasteiger partial charge is 0.508 e. The van der Waals surface area contributed by atoms with Gasteiger partial charge in [0.25, 0.3) is 0 Å². The molecule has 14 nitrogen and oxygen atoms in total. The van der Waals surface area contributed by atoms with E-state index in [1.54, 1.807) is 12.1 Å². The Morgan fingerprint density at radius 3 is 2.41 bits per heavy atom. The van der Waals surface area contributed by atoms with Crippen molar-refractivity contribution in [2.45, 2.75) is 48.7 Å². The SMILES string of the molecule is COc1cc(O[C@@H]2O[C@H](CO)[C@@H](O)[C@H](O)[C@H]2O[C@@H]2OC[C@](O)(CO)[C@H]2O)cc2occ(-c3ccc(O)cc3)c(=O)c12. The molecule has 2 aliphatic rings. The molecule has 2 aromatic carbocycles. The molecule has 0 amide bonds. The smallest absolute Gasteiger partial charge is 0.229 e. The van der Waals surface area contributed by atoms with Crippen LogP contribution in [0.15, 0.2) is 51.9 Å². The molecule has 2 aliphatic heterocycles. The van der Waals surface area contributed by atoms with Crippen LogP contribution in [0.25, 0.3) is 22.1 Å². The lowest BCUT2D eigenvalue weighted by atomic mass is 9.98. The van der Waals surface area contributed by atoms with Crippen molar-refractivity contribution in [3.63, 3.8) is 0 Å². The van der Waals surface area contributed by atoms with Crippen molar-refractivity contribution in [3.05, 3.63) is 52.9 Å². The third-order valence-corrected chi connectivity index (χ3v) is 7.16. The normalized spacial score (nSPS) is 31.8. The van der Waals surface area contributed by atoms with Crippen molar-refractivity contribution in [3.8, 4) is 28.4 Å². The van der Waals surface area contributed by atoms with Crippen LogP contribution in [-0.4, -0.2) is 111 Å². The number of phenolic OH excluding ortho intramolecular Hbond substituents is 1. The van der Waals surface area contributed by atoms with Gasteiger partial charge in [-0.05, 0) is 17.7 Å². The molecule has 3 aromatic rings. The monoisotopic (exact) mass is 578 g/mol. The summed E-state index contributed by atoms with van der Waals surface area (Å²) in [6, 6.07) is 8.69. The predicted octanol–water partition coefficient (Wildman–Crippen LogP) is -1.18. The molecule has 222 valence electrons. The van der Waals surface area contributed by atoms with Crippen LogP contribution in [0.1, 0.15) is 0 Å². The maximum absolute atomic E-state index is 13.4. The minimum Gasteiger partial charge on any atom is -0.508 e. The van der Waals surface area contributed by atoms with Gasteiger partial charge in [-0.2, -0.15) is 0 Å². The third kappa shape index (κ3) is 5.37. The average molecular weight is 579 g/mol. The molecule has 2 fully saturated rings. The maximum Gasteiger partial charge on any atom is 0.229 e.